The summed E-state index contributed by atoms with van der Waals surface area (Å²) in [6.45, 7) is 4.64. The molecule has 0 fully saturated rings. The summed E-state index contributed by atoms with van der Waals surface area (Å²) in [7, 11) is 3.76. The van der Waals surface area contributed by atoms with E-state index in [1.807, 2.05) is 44.8 Å². The van der Waals surface area contributed by atoms with Crippen molar-refractivity contribution in [3.63, 3.8) is 0 Å². The first-order valence-corrected chi connectivity index (χ1v) is 8.05. The van der Waals surface area contributed by atoms with Gasteiger partial charge in [-0.05, 0) is 38.0 Å². The Morgan fingerprint density at radius 2 is 2.14 bits per heavy atom. The molecule has 0 aliphatic rings. The van der Waals surface area contributed by atoms with E-state index in [1.54, 1.807) is 4.90 Å². The number of thiophene rings is 1. The van der Waals surface area contributed by atoms with Crippen LogP contribution in [0.15, 0.2) is 12.1 Å². The molecule has 6 heteroatoms. The third-order valence-corrected chi connectivity index (χ3v) is 4.91. The number of hydrogen-bond acceptors (Lipinski definition) is 3. The van der Waals surface area contributed by atoms with E-state index in [-0.39, 0.29) is 5.91 Å². The highest BCUT2D eigenvalue weighted by Gasteiger charge is 2.14. The Labute approximate surface area is 134 Å². The van der Waals surface area contributed by atoms with Crippen LogP contribution in [0.5, 0.6) is 0 Å². The fraction of sp³-hybridized carbons (Fsp3) is 0.467. The molecule has 114 valence electrons. The van der Waals surface area contributed by atoms with Crippen LogP contribution in [0.2, 0.25) is 4.34 Å². The molecule has 0 radical (unpaired) electrons. The highest BCUT2D eigenvalue weighted by Crippen LogP contribution is 2.22. The van der Waals surface area contributed by atoms with Crippen molar-refractivity contribution >= 4 is 28.8 Å². The van der Waals surface area contributed by atoms with Gasteiger partial charge in [-0.3, -0.25) is 9.48 Å². The minimum Gasteiger partial charge on any atom is -0.341 e. The van der Waals surface area contributed by atoms with Gasteiger partial charge in [-0.2, -0.15) is 5.10 Å². The fourth-order valence-electron chi connectivity index (χ4n) is 2.36. The van der Waals surface area contributed by atoms with Crippen molar-refractivity contribution in [3.05, 3.63) is 38.3 Å². The summed E-state index contributed by atoms with van der Waals surface area (Å²) in [6, 6.07) is 3.83. The molecule has 21 heavy (non-hydrogen) atoms. The molecular weight excluding hydrogens is 306 g/mol. The monoisotopic (exact) mass is 325 g/mol. The molecule has 0 aliphatic heterocycles. The molecule has 0 atom stereocenters. The zero-order chi connectivity index (χ0) is 15.6. The maximum atomic E-state index is 12.2. The fourth-order valence-corrected chi connectivity index (χ4v) is 3.50. The number of aromatic nitrogens is 2. The van der Waals surface area contributed by atoms with Gasteiger partial charge >= 0.3 is 0 Å². The topological polar surface area (TPSA) is 38.1 Å². The molecule has 0 bridgehead atoms. The van der Waals surface area contributed by atoms with Crippen molar-refractivity contribution in [2.45, 2.75) is 33.2 Å². The number of aryl methyl sites for hydroxylation is 2. The third-order valence-electron chi connectivity index (χ3n) is 3.70. The van der Waals surface area contributed by atoms with E-state index in [4.69, 9.17) is 11.6 Å². The summed E-state index contributed by atoms with van der Waals surface area (Å²) in [5, 5.41) is 4.38. The number of amides is 1. The Morgan fingerprint density at radius 3 is 2.67 bits per heavy atom. The van der Waals surface area contributed by atoms with Crippen LogP contribution in [-0.2, 0) is 24.8 Å². The van der Waals surface area contributed by atoms with Crippen LogP contribution >= 0.6 is 22.9 Å². The second kappa shape index (κ2) is 6.62. The van der Waals surface area contributed by atoms with Gasteiger partial charge in [-0.25, -0.2) is 0 Å². The Kier molecular flexibility index (Phi) is 5.06. The highest BCUT2D eigenvalue weighted by molar-refractivity contribution is 7.16. The molecule has 0 aromatic carbocycles. The molecule has 2 aromatic heterocycles. The van der Waals surface area contributed by atoms with E-state index in [0.717, 1.165) is 27.0 Å². The number of nitrogens with zero attached hydrogens (tertiary/aromatic N) is 3. The van der Waals surface area contributed by atoms with Gasteiger partial charge in [0.1, 0.15) is 0 Å². The normalized spacial score (nSPS) is 10.9. The molecule has 0 spiro atoms. The minimum absolute atomic E-state index is 0.141. The lowest BCUT2D eigenvalue weighted by Crippen LogP contribution is -2.26. The average Bonchev–Trinajstić information content (AvgIpc) is 2.92. The lowest BCUT2D eigenvalue weighted by atomic mass is 10.1. The van der Waals surface area contributed by atoms with E-state index in [9.17, 15) is 4.79 Å². The number of halogens is 1. The van der Waals surface area contributed by atoms with Crippen LogP contribution in [0.4, 0.5) is 0 Å². The quantitative estimate of drug-likeness (QED) is 0.845. The van der Waals surface area contributed by atoms with Gasteiger partial charge in [0.2, 0.25) is 5.91 Å². The standard InChI is InChI=1S/C15H20ClN3OS/c1-10-13(11(2)19(4)17-10)6-8-15(20)18(3)9-12-5-7-14(16)21-12/h5,7H,6,8-9H2,1-4H3. The Morgan fingerprint density at radius 1 is 1.43 bits per heavy atom. The van der Waals surface area contributed by atoms with Crippen LogP contribution in [0.25, 0.3) is 0 Å². The summed E-state index contributed by atoms with van der Waals surface area (Å²) in [5.41, 5.74) is 3.32. The maximum absolute atomic E-state index is 12.2. The van der Waals surface area contributed by atoms with Gasteiger partial charge in [-0.1, -0.05) is 11.6 Å². The van der Waals surface area contributed by atoms with Crippen molar-refractivity contribution in [2.24, 2.45) is 7.05 Å². The first-order valence-electron chi connectivity index (χ1n) is 6.85. The summed E-state index contributed by atoms with van der Waals surface area (Å²) < 4.78 is 2.62. The molecule has 2 rings (SSSR count). The van der Waals surface area contributed by atoms with E-state index in [1.165, 1.54) is 16.9 Å². The van der Waals surface area contributed by atoms with Crippen molar-refractivity contribution < 1.29 is 4.79 Å². The van der Waals surface area contributed by atoms with E-state index < -0.39 is 0 Å². The van der Waals surface area contributed by atoms with E-state index >= 15 is 0 Å². The van der Waals surface area contributed by atoms with Crippen LogP contribution in [0.1, 0.15) is 28.2 Å². The molecule has 2 aromatic rings. The Balaban J connectivity index is 1.92. The first kappa shape index (κ1) is 16.0. The largest absolute Gasteiger partial charge is 0.341 e. The van der Waals surface area contributed by atoms with Crippen LogP contribution in [0, 0.1) is 13.8 Å². The summed E-state index contributed by atoms with van der Waals surface area (Å²) in [5.74, 6) is 0.141. The van der Waals surface area contributed by atoms with Gasteiger partial charge in [-0.15, -0.1) is 11.3 Å². The van der Waals surface area contributed by atoms with Gasteiger partial charge in [0, 0.05) is 31.1 Å². The zero-order valence-electron chi connectivity index (χ0n) is 12.8. The average molecular weight is 326 g/mol. The number of rotatable bonds is 5. The second-order valence-corrected chi connectivity index (χ2v) is 7.03. The van der Waals surface area contributed by atoms with Crippen molar-refractivity contribution in [1.82, 2.24) is 14.7 Å². The lowest BCUT2D eigenvalue weighted by Gasteiger charge is -2.16. The zero-order valence-corrected chi connectivity index (χ0v) is 14.4. The molecule has 1 amide bonds. The smallest absolute Gasteiger partial charge is 0.222 e. The van der Waals surface area contributed by atoms with Crippen LogP contribution in [0.3, 0.4) is 0 Å². The molecule has 2 heterocycles. The van der Waals surface area contributed by atoms with E-state index in [2.05, 4.69) is 5.10 Å². The molecular formula is C15H20ClN3OS. The second-order valence-electron chi connectivity index (χ2n) is 5.23. The van der Waals surface area contributed by atoms with Gasteiger partial charge in [0.15, 0.2) is 0 Å². The highest BCUT2D eigenvalue weighted by atomic mass is 35.5. The van der Waals surface area contributed by atoms with Crippen LogP contribution in [-0.4, -0.2) is 27.6 Å². The SMILES string of the molecule is Cc1nn(C)c(C)c1CCC(=O)N(C)Cc1ccc(Cl)s1. The molecule has 4 nitrogen and oxygen atoms in total. The predicted molar refractivity (Wildman–Crippen MR) is 86.8 cm³/mol. The maximum Gasteiger partial charge on any atom is 0.222 e. The van der Waals surface area contributed by atoms with Gasteiger partial charge in [0.05, 0.1) is 16.6 Å². The molecule has 0 saturated heterocycles. The van der Waals surface area contributed by atoms with Gasteiger partial charge in [0.25, 0.3) is 0 Å². The number of hydrogen-bond donors (Lipinski definition) is 0. The molecule has 0 unspecified atom stereocenters. The Bertz CT molecular complexity index is 647. The molecule has 0 N–H and O–H groups in total. The molecule has 0 aliphatic carbocycles. The van der Waals surface area contributed by atoms with Crippen molar-refractivity contribution in [1.29, 1.82) is 0 Å². The summed E-state index contributed by atoms with van der Waals surface area (Å²) in [4.78, 5) is 15.1. The Hall–Kier alpha value is -1.33. The number of carbonyl (C=O) groups is 1. The minimum atomic E-state index is 0.141. The predicted octanol–water partition coefficient (Wildman–Crippen LogP) is 3.34. The summed E-state index contributed by atoms with van der Waals surface area (Å²) >= 11 is 7.42. The third kappa shape index (κ3) is 3.86. The number of carbonyl (C=O) groups excluding carboxylic acids is 1. The molecule has 0 saturated carbocycles. The van der Waals surface area contributed by atoms with Crippen molar-refractivity contribution in [2.75, 3.05) is 7.05 Å². The van der Waals surface area contributed by atoms with Crippen LogP contribution < -0.4 is 0 Å². The first-order chi connectivity index (χ1) is 9.88. The van der Waals surface area contributed by atoms with Gasteiger partial charge < -0.3 is 4.90 Å². The van der Waals surface area contributed by atoms with Crippen molar-refractivity contribution in [3.8, 4) is 0 Å². The summed E-state index contributed by atoms with van der Waals surface area (Å²) in [6.07, 6.45) is 1.24. The lowest BCUT2D eigenvalue weighted by molar-refractivity contribution is -0.130. The van der Waals surface area contributed by atoms with E-state index in [0.29, 0.717) is 13.0 Å².